The minimum atomic E-state index is -0.205. The Balaban J connectivity index is 2.71. The van der Waals surface area contributed by atoms with E-state index in [2.05, 4.69) is 19.2 Å². The predicted octanol–water partition coefficient (Wildman–Crippen LogP) is 3.24. The molecule has 0 aromatic heterocycles. The fourth-order valence-corrected chi connectivity index (χ4v) is 4.24. The highest BCUT2D eigenvalue weighted by Crippen LogP contribution is 2.38. The Morgan fingerprint density at radius 2 is 2.24 bits per heavy atom. The Morgan fingerprint density at radius 1 is 1.47 bits per heavy atom. The first-order valence-corrected chi connectivity index (χ1v) is 7.84. The quantitative estimate of drug-likeness (QED) is 0.753. The van der Waals surface area contributed by atoms with E-state index in [9.17, 15) is 4.79 Å². The minimum Gasteiger partial charge on any atom is -0.339 e. The highest BCUT2D eigenvalue weighted by Gasteiger charge is 2.27. The number of rotatable bonds is 6. The zero-order valence-electron chi connectivity index (χ0n) is 10.3. The van der Waals surface area contributed by atoms with Gasteiger partial charge in [0, 0.05) is 0 Å². The van der Waals surface area contributed by atoms with Gasteiger partial charge in [-0.15, -0.1) is 11.8 Å². The number of hydrogen-bond acceptors (Lipinski definition) is 4. The monoisotopic (exact) mass is 270 g/mol. The van der Waals surface area contributed by atoms with Crippen LogP contribution in [0.25, 0.3) is 0 Å². The summed E-state index contributed by atoms with van der Waals surface area (Å²) in [5.41, 5.74) is 0.295. The van der Waals surface area contributed by atoms with Gasteiger partial charge in [-0.2, -0.15) is 5.26 Å². The second-order valence-electron chi connectivity index (χ2n) is 3.84. The molecular weight excluding hydrogens is 252 g/mol. The Labute approximate surface area is 111 Å². The number of nitrogens with one attached hydrogen (secondary N) is 1. The first-order chi connectivity index (χ1) is 8.22. The van der Waals surface area contributed by atoms with E-state index in [1.165, 1.54) is 0 Å². The maximum absolute atomic E-state index is 11.7. The summed E-state index contributed by atoms with van der Waals surface area (Å²) in [4.78, 5) is 11.7. The summed E-state index contributed by atoms with van der Waals surface area (Å²) in [5.74, 6) is 0.777. The van der Waals surface area contributed by atoms with Gasteiger partial charge in [0.15, 0.2) is 0 Å². The number of nitriles is 1. The molecule has 1 atom stereocenters. The molecule has 1 aliphatic heterocycles. The second kappa shape index (κ2) is 7.67. The lowest BCUT2D eigenvalue weighted by molar-refractivity contribution is -0.117. The van der Waals surface area contributed by atoms with Crippen LogP contribution >= 0.6 is 23.5 Å². The SMILES string of the molecule is CCCCSC1=C(C#N)C(=O)N[C@H](CCC)S1. The molecule has 0 radical (unpaired) electrons. The molecule has 5 heteroatoms. The molecule has 1 rings (SSSR count). The van der Waals surface area contributed by atoms with Crippen LogP contribution in [-0.4, -0.2) is 17.0 Å². The number of thioether (sulfide) groups is 2. The fraction of sp³-hybridized carbons (Fsp3) is 0.667. The van der Waals surface area contributed by atoms with Crippen molar-refractivity contribution in [1.29, 1.82) is 5.26 Å². The lowest BCUT2D eigenvalue weighted by Gasteiger charge is -2.24. The van der Waals surface area contributed by atoms with Gasteiger partial charge in [-0.3, -0.25) is 4.79 Å². The molecule has 0 saturated carbocycles. The zero-order chi connectivity index (χ0) is 12.7. The van der Waals surface area contributed by atoms with Gasteiger partial charge in [-0.25, -0.2) is 0 Å². The molecular formula is C12H18N2OS2. The van der Waals surface area contributed by atoms with Crippen LogP contribution in [0.2, 0.25) is 0 Å². The minimum absolute atomic E-state index is 0.133. The number of unbranched alkanes of at least 4 members (excludes halogenated alkanes) is 1. The van der Waals surface area contributed by atoms with Gasteiger partial charge in [-0.05, 0) is 18.6 Å². The fourth-order valence-electron chi connectivity index (χ4n) is 1.43. The number of carbonyl (C=O) groups is 1. The lowest BCUT2D eigenvalue weighted by Crippen LogP contribution is -2.36. The summed E-state index contributed by atoms with van der Waals surface area (Å²) >= 11 is 3.28. The summed E-state index contributed by atoms with van der Waals surface area (Å²) in [6, 6.07) is 2.02. The van der Waals surface area contributed by atoms with Crippen molar-refractivity contribution in [2.45, 2.75) is 44.9 Å². The molecule has 1 amide bonds. The van der Waals surface area contributed by atoms with Crippen LogP contribution in [0.3, 0.4) is 0 Å². The summed E-state index contributed by atoms with van der Waals surface area (Å²) in [6.45, 7) is 4.24. The number of nitrogens with zero attached hydrogens (tertiary/aromatic N) is 1. The van der Waals surface area contributed by atoms with E-state index in [0.717, 1.165) is 35.7 Å². The Bertz CT molecular complexity index is 347. The Kier molecular flexibility index (Phi) is 6.53. The molecule has 0 spiro atoms. The van der Waals surface area contributed by atoms with Crippen LogP contribution in [-0.2, 0) is 4.79 Å². The molecule has 0 saturated heterocycles. The molecule has 0 aliphatic carbocycles. The predicted molar refractivity (Wildman–Crippen MR) is 74.4 cm³/mol. The zero-order valence-corrected chi connectivity index (χ0v) is 11.9. The Morgan fingerprint density at radius 3 is 2.82 bits per heavy atom. The van der Waals surface area contributed by atoms with Crippen LogP contribution in [0.5, 0.6) is 0 Å². The van der Waals surface area contributed by atoms with E-state index in [-0.39, 0.29) is 11.3 Å². The van der Waals surface area contributed by atoms with Gasteiger partial charge >= 0.3 is 0 Å². The van der Waals surface area contributed by atoms with E-state index in [4.69, 9.17) is 5.26 Å². The van der Waals surface area contributed by atoms with Gasteiger partial charge in [0.2, 0.25) is 0 Å². The van der Waals surface area contributed by atoms with E-state index >= 15 is 0 Å². The van der Waals surface area contributed by atoms with Crippen LogP contribution in [0.15, 0.2) is 9.81 Å². The van der Waals surface area contributed by atoms with E-state index < -0.39 is 0 Å². The summed E-state index contributed by atoms with van der Waals surface area (Å²) in [6.07, 6.45) is 4.24. The third kappa shape index (κ3) is 4.29. The summed E-state index contributed by atoms with van der Waals surface area (Å²) in [7, 11) is 0. The van der Waals surface area contributed by atoms with Crippen molar-refractivity contribution < 1.29 is 4.79 Å². The molecule has 94 valence electrons. The van der Waals surface area contributed by atoms with Crippen LogP contribution < -0.4 is 5.32 Å². The van der Waals surface area contributed by atoms with Crippen molar-refractivity contribution in [2.24, 2.45) is 0 Å². The standard InChI is InChI=1S/C12H18N2OS2/c1-3-5-7-16-12-9(8-13)11(15)14-10(17-12)6-4-2/h10H,3-7H2,1-2H3,(H,14,15)/t10-/m0/s1. The van der Waals surface area contributed by atoms with Crippen molar-refractivity contribution in [3.63, 3.8) is 0 Å². The number of amides is 1. The maximum atomic E-state index is 11.7. The van der Waals surface area contributed by atoms with Gasteiger partial charge in [0.05, 0.1) is 9.61 Å². The Hall–Kier alpha value is -0.600. The first-order valence-electron chi connectivity index (χ1n) is 5.97. The maximum Gasteiger partial charge on any atom is 0.264 e. The average Bonchev–Trinajstić information content (AvgIpc) is 2.29. The molecule has 17 heavy (non-hydrogen) atoms. The van der Waals surface area contributed by atoms with Gasteiger partial charge < -0.3 is 5.32 Å². The first kappa shape index (κ1) is 14.5. The van der Waals surface area contributed by atoms with Crippen molar-refractivity contribution in [3.05, 3.63) is 9.81 Å². The topological polar surface area (TPSA) is 52.9 Å². The molecule has 0 aromatic carbocycles. The van der Waals surface area contributed by atoms with Gasteiger partial charge in [-0.1, -0.05) is 38.5 Å². The lowest BCUT2D eigenvalue weighted by atomic mass is 10.3. The molecule has 1 heterocycles. The normalized spacial score (nSPS) is 20.1. The van der Waals surface area contributed by atoms with Crippen LogP contribution in [0, 0.1) is 11.3 Å². The molecule has 0 aromatic rings. The summed E-state index contributed by atoms with van der Waals surface area (Å²) in [5, 5.41) is 12.0. The van der Waals surface area contributed by atoms with E-state index in [1.807, 2.05) is 6.07 Å². The van der Waals surface area contributed by atoms with Crippen molar-refractivity contribution in [3.8, 4) is 6.07 Å². The average molecular weight is 270 g/mol. The summed E-state index contributed by atoms with van der Waals surface area (Å²) < 4.78 is 0.906. The largest absolute Gasteiger partial charge is 0.339 e. The van der Waals surface area contributed by atoms with Gasteiger partial charge in [0.1, 0.15) is 11.6 Å². The number of hydrogen-bond donors (Lipinski definition) is 1. The second-order valence-corrected chi connectivity index (χ2v) is 6.42. The van der Waals surface area contributed by atoms with Crippen molar-refractivity contribution in [1.82, 2.24) is 5.32 Å². The number of carbonyl (C=O) groups excluding carboxylic acids is 1. The highest BCUT2D eigenvalue weighted by molar-refractivity contribution is 8.22. The molecule has 0 unspecified atom stereocenters. The molecule has 1 N–H and O–H groups in total. The van der Waals surface area contributed by atoms with Gasteiger partial charge in [0.25, 0.3) is 5.91 Å². The third-order valence-corrected chi connectivity index (χ3v) is 5.02. The van der Waals surface area contributed by atoms with Crippen molar-refractivity contribution in [2.75, 3.05) is 5.75 Å². The highest BCUT2D eigenvalue weighted by atomic mass is 32.2. The molecule has 0 fully saturated rings. The van der Waals surface area contributed by atoms with Crippen molar-refractivity contribution >= 4 is 29.4 Å². The third-order valence-electron chi connectivity index (χ3n) is 2.37. The van der Waals surface area contributed by atoms with E-state index in [1.54, 1.807) is 23.5 Å². The van der Waals surface area contributed by atoms with E-state index in [0.29, 0.717) is 5.57 Å². The van der Waals surface area contributed by atoms with Crippen LogP contribution in [0.1, 0.15) is 39.5 Å². The van der Waals surface area contributed by atoms with Crippen LogP contribution in [0.4, 0.5) is 0 Å². The smallest absolute Gasteiger partial charge is 0.264 e. The molecule has 3 nitrogen and oxygen atoms in total. The molecule has 0 bridgehead atoms. The molecule has 1 aliphatic rings.